The Morgan fingerprint density at radius 2 is 1.89 bits per heavy atom. The molecule has 0 spiro atoms. The number of nitrogens with zero attached hydrogens (tertiary/aromatic N) is 3. The fourth-order valence-electron chi connectivity index (χ4n) is 1.46. The second-order valence-corrected chi connectivity index (χ2v) is 3.70. The van der Waals surface area contributed by atoms with Crippen molar-refractivity contribution in [3.8, 4) is 5.75 Å². The van der Waals surface area contributed by atoms with Crippen molar-refractivity contribution in [3.05, 3.63) is 40.3 Å². The van der Waals surface area contributed by atoms with E-state index in [1.807, 2.05) is 0 Å². The van der Waals surface area contributed by atoms with Gasteiger partial charge in [0.2, 0.25) is 0 Å². The van der Waals surface area contributed by atoms with E-state index in [1.165, 1.54) is 24.3 Å². The highest BCUT2D eigenvalue weighted by Gasteiger charge is 2.17. The largest absolute Gasteiger partial charge is 0.435 e. The van der Waals surface area contributed by atoms with Gasteiger partial charge in [-0.2, -0.15) is 8.78 Å². The van der Waals surface area contributed by atoms with Crippen LogP contribution in [-0.4, -0.2) is 29.5 Å². The molecule has 0 aliphatic carbocycles. The SMILES string of the molecule is [N-]=[N+]=NCCC(O)C(O)c1ccc(OC(F)F)cc1. The third-order valence-corrected chi connectivity index (χ3v) is 2.40. The quantitative estimate of drug-likeness (QED) is 0.453. The van der Waals surface area contributed by atoms with Gasteiger partial charge in [-0.3, -0.25) is 0 Å². The molecule has 6 nitrogen and oxygen atoms in total. The molecular weight excluding hydrogens is 260 g/mol. The summed E-state index contributed by atoms with van der Waals surface area (Å²) in [5.74, 6) is -0.0329. The Morgan fingerprint density at radius 1 is 1.26 bits per heavy atom. The molecular formula is C11H13F2N3O3. The standard InChI is InChI=1S/C11H13F2N3O3/c12-11(13)19-8-3-1-7(2-4-8)10(18)9(17)5-6-15-16-14/h1-4,9-11,17-18H,5-6H2. The molecule has 0 bridgehead atoms. The molecule has 0 saturated heterocycles. The maximum atomic E-state index is 11.9. The molecule has 0 aliphatic heterocycles. The van der Waals surface area contributed by atoms with Crippen LogP contribution in [0.25, 0.3) is 10.4 Å². The predicted molar refractivity (Wildman–Crippen MR) is 62.7 cm³/mol. The van der Waals surface area contributed by atoms with Gasteiger partial charge in [0.15, 0.2) is 0 Å². The van der Waals surface area contributed by atoms with Crippen molar-refractivity contribution in [1.82, 2.24) is 0 Å². The van der Waals surface area contributed by atoms with Crippen molar-refractivity contribution in [3.63, 3.8) is 0 Å². The first-order valence-corrected chi connectivity index (χ1v) is 5.46. The Balaban J connectivity index is 2.61. The summed E-state index contributed by atoms with van der Waals surface area (Å²) in [7, 11) is 0. The fourth-order valence-corrected chi connectivity index (χ4v) is 1.46. The van der Waals surface area contributed by atoms with Gasteiger partial charge in [-0.25, -0.2) is 0 Å². The molecule has 0 saturated carbocycles. The number of benzene rings is 1. The predicted octanol–water partition coefficient (Wildman–Crippen LogP) is 2.38. The van der Waals surface area contributed by atoms with Crippen LogP contribution in [0.4, 0.5) is 8.78 Å². The number of aliphatic hydroxyl groups is 2. The van der Waals surface area contributed by atoms with Gasteiger partial charge < -0.3 is 14.9 Å². The third-order valence-electron chi connectivity index (χ3n) is 2.40. The van der Waals surface area contributed by atoms with Gasteiger partial charge in [-0.05, 0) is 29.6 Å². The Labute approximate surface area is 107 Å². The maximum absolute atomic E-state index is 11.9. The number of halogens is 2. The lowest BCUT2D eigenvalue weighted by atomic mass is 10.0. The van der Waals surface area contributed by atoms with E-state index < -0.39 is 18.8 Å². The van der Waals surface area contributed by atoms with Gasteiger partial charge >= 0.3 is 6.61 Å². The molecule has 0 aromatic heterocycles. The van der Waals surface area contributed by atoms with Gasteiger partial charge in [0.25, 0.3) is 0 Å². The van der Waals surface area contributed by atoms with Crippen LogP contribution in [0, 0.1) is 0 Å². The van der Waals surface area contributed by atoms with Gasteiger partial charge in [0.1, 0.15) is 11.9 Å². The van der Waals surface area contributed by atoms with Crippen LogP contribution in [0.15, 0.2) is 29.4 Å². The highest BCUT2D eigenvalue weighted by molar-refractivity contribution is 5.29. The zero-order valence-electron chi connectivity index (χ0n) is 9.86. The first-order chi connectivity index (χ1) is 9.04. The zero-order chi connectivity index (χ0) is 14.3. The minimum atomic E-state index is -2.91. The van der Waals surface area contributed by atoms with Crippen molar-refractivity contribution in [2.75, 3.05) is 6.54 Å². The lowest BCUT2D eigenvalue weighted by Crippen LogP contribution is -2.19. The smallest absolute Gasteiger partial charge is 0.387 e. The van der Waals surface area contributed by atoms with E-state index in [-0.39, 0.29) is 18.7 Å². The normalized spacial score (nSPS) is 13.7. The van der Waals surface area contributed by atoms with Crippen LogP contribution in [0.5, 0.6) is 5.75 Å². The first kappa shape index (κ1) is 15.2. The molecule has 2 unspecified atom stereocenters. The summed E-state index contributed by atoms with van der Waals surface area (Å²) < 4.78 is 28.0. The van der Waals surface area contributed by atoms with Gasteiger partial charge in [0.05, 0.1) is 6.10 Å². The molecule has 0 fully saturated rings. The van der Waals surface area contributed by atoms with Crippen LogP contribution in [0.3, 0.4) is 0 Å². The van der Waals surface area contributed by atoms with Crippen molar-refractivity contribution in [2.24, 2.45) is 5.11 Å². The van der Waals surface area contributed by atoms with E-state index in [0.29, 0.717) is 5.56 Å². The second kappa shape index (κ2) is 7.52. The van der Waals surface area contributed by atoms with Gasteiger partial charge in [-0.15, -0.1) is 0 Å². The number of aliphatic hydroxyl groups excluding tert-OH is 2. The minimum absolute atomic E-state index is 0.0329. The molecule has 1 rings (SSSR count). The maximum Gasteiger partial charge on any atom is 0.387 e. The number of alkyl halides is 2. The average Bonchev–Trinajstić information content (AvgIpc) is 2.38. The zero-order valence-corrected chi connectivity index (χ0v) is 9.86. The van der Waals surface area contributed by atoms with Crippen molar-refractivity contribution in [1.29, 1.82) is 0 Å². The molecule has 1 aromatic rings. The summed E-state index contributed by atoms with van der Waals surface area (Å²) in [4.78, 5) is 2.52. The van der Waals surface area contributed by atoms with Crippen LogP contribution in [-0.2, 0) is 0 Å². The highest BCUT2D eigenvalue weighted by Crippen LogP contribution is 2.22. The molecule has 0 radical (unpaired) electrons. The topological polar surface area (TPSA) is 98.5 Å². The van der Waals surface area contributed by atoms with Crippen molar-refractivity contribution in [2.45, 2.75) is 25.2 Å². The first-order valence-electron chi connectivity index (χ1n) is 5.46. The van der Waals surface area contributed by atoms with E-state index >= 15 is 0 Å². The Hall–Kier alpha value is -1.89. The number of hydrogen-bond donors (Lipinski definition) is 2. The number of ether oxygens (including phenoxy) is 1. The fraction of sp³-hybridized carbons (Fsp3) is 0.455. The monoisotopic (exact) mass is 273 g/mol. The summed E-state index contributed by atoms with van der Waals surface area (Å²) in [6, 6.07) is 5.29. The van der Waals surface area contributed by atoms with E-state index in [2.05, 4.69) is 14.8 Å². The summed E-state index contributed by atoms with van der Waals surface area (Å²) in [5.41, 5.74) is 8.43. The average molecular weight is 273 g/mol. The Bertz CT molecular complexity index is 435. The van der Waals surface area contributed by atoms with E-state index in [4.69, 9.17) is 5.53 Å². The van der Waals surface area contributed by atoms with Gasteiger partial charge in [-0.1, -0.05) is 17.2 Å². The molecule has 104 valence electrons. The molecule has 0 aliphatic rings. The van der Waals surface area contributed by atoms with Gasteiger partial charge in [0, 0.05) is 11.5 Å². The van der Waals surface area contributed by atoms with Crippen molar-refractivity contribution < 1.29 is 23.7 Å². The summed E-state index contributed by atoms with van der Waals surface area (Å²) in [6.45, 7) is -2.85. The molecule has 2 atom stereocenters. The highest BCUT2D eigenvalue weighted by atomic mass is 19.3. The molecule has 0 amide bonds. The Morgan fingerprint density at radius 3 is 2.42 bits per heavy atom. The van der Waals surface area contributed by atoms with Crippen LogP contribution >= 0.6 is 0 Å². The second-order valence-electron chi connectivity index (χ2n) is 3.70. The van der Waals surface area contributed by atoms with E-state index in [9.17, 15) is 19.0 Å². The number of hydrogen-bond acceptors (Lipinski definition) is 4. The van der Waals surface area contributed by atoms with E-state index in [1.54, 1.807) is 0 Å². The van der Waals surface area contributed by atoms with Crippen LogP contribution in [0.1, 0.15) is 18.1 Å². The molecule has 0 heterocycles. The van der Waals surface area contributed by atoms with E-state index in [0.717, 1.165) is 0 Å². The summed E-state index contributed by atoms with van der Waals surface area (Å²) in [5, 5.41) is 22.7. The molecule has 1 aromatic carbocycles. The minimum Gasteiger partial charge on any atom is -0.435 e. The van der Waals surface area contributed by atoms with Crippen LogP contribution < -0.4 is 4.74 Å². The lowest BCUT2D eigenvalue weighted by Gasteiger charge is -2.17. The molecule has 2 N–H and O–H groups in total. The molecule has 8 heteroatoms. The van der Waals surface area contributed by atoms with Crippen LogP contribution in [0.2, 0.25) is 0 Å². The summed E-state index contributed by atoms with van der Waals surface area (Å²) in [6.07, 6.45) is -2.19. The molecule has 19 heavy (non-hydrogen) atoms. The lowest BCUT2D eigenvalue weighted by molar-refractivity contribution is -0.0499. The number of rotatable bonds is 7. The Kier molecular flexibility index (Phi) is 6.01. The van der Waals surface area contributed by atoms with Crippen molar-refractivity contribution >= 4 is 0 Å². The summed E-state index contributed by atoms with van der Waals surface area (Å²) >= 11 is 0. The number of azide groups is 1. The third kappa shape index (κ3) is 5.09.